The third-order valence-electron chi connectivity index (χ3n) is 3.92. The monoisotopic (exact) mass is 373 g/mol. The summed E-state index contributed by atoms with van der Waals surface area (Å²) in [5.74, 6) is 2.67. The highest BCUT2D eigenvalue weighted by atomic mass is 16.5. The van der Waals surface area contributed by atoms with E-state index in [1.807, 2.05) is 0 Å². The number of nitrogens with one attached hydrogen (secondary N) is 1. The van der Waals surface area contributed by atoms with Gasteiger partial charge in [-0.2, -0.15) is 0 Å². The maximum Gasteiger partial charge on any atom is 0.412 e. The van der Waals surface area contributed by atoms with Crippen LogP contribution in [-0.4, -0.2) is 36.9 Å². The van der Waals surface area contributed by atoms with Crippen LogP contribution in [0.4, 0.5) is 10.6 Å². The van der Waals surface area contributed by atoms with Crippen LogP contribution in [0.5, 0.6) is 11.5 Å². The molecule has 0 aliphatic rings. The molecule has 0 spiro atoms. The predicted octanol–water partition coefficient (Wildman–Crippen LogP) is 4.39. The normalized spacial score (nSPS) is 11.8. The van der Waals surface area contributed by atoms with Gasteiger partial charge < -0.3 is 14.2 Å². The highest BCUT2D eigenvalue weighted by molar-refractivity contribution is 5.84. The van der Waals surface area contributed by atoms with Gasteiger partial charge in [-0.25, -0.2) is 9.78 Å². The number of carbonyl (C=O) groups excluding carboxylic acids is 1. The van der Waals surface area contributed by atoms with E-state index in [-0.39, 0.29) is 0 Å². The third-order valence-corrected chi connectivity index (χ3v) is 3.92. The maximum atomic E-state index is 11.3. The van der Waals surface area contributed by atoms with Crippen LogP contribution in [0.3, 0.4) is 0 Å². The molecule has 1 amide bonds. The lowest BCUT2D eigenvalue weighted by Gasteiger charge is -2.17. The lowest BCUT2D eigenvalue weighted by atomic mass is 10.00. The van der Waals surface area contributed by atoms with Crippen LogP contribution < -0.4 is 14.8 Å². The van der Waals surface area contributed by atoms with Gasteiger partial charge >= 0.3 is 6.09 Å². The number of anilines is 1. The molecule has 2 aromatic rings. The summed E-state index contributed by atoms with van der Waals surface area (Å²) in [6.07, 6.45) is 3.77. The van der Waals surface area contributed by atoms with E-state index in [0.717, 1.165) is 12.0 Å². The highest BCUT2D eigenvalue weighted by Gasteiger charge is 2.12. The Morgan fingerprint density at radius 3 is 2.59 bits per heavy atom. The van der Waals surface area contributed by atoms with E-state index >= 15 is 0 Å². The number of hydrogen-bond acceptors (Lipinski definition) is 6. The molecule has 0 saturated heterocycles. The van der Waals surface area contributed by atoms with Crippen molar-refractivity contribution >= 4 is 11.9 Å². The van der Waals surface area contributed by atoms with Crippen molar-refractivity contribution in [3.63, 3.8) is 0 Å². The van der Waals surface area contributed by atoms with Crippen molar-refractivity contribution in [2.75, 3.05) is 26.1 Å². The second-order valence-electron chi connectivity index (χ2n) is 6.81. The van der Waals surface area contributed by atoms with Crippen molar-refractivity contribution in [3.05, 3.63) is 30.6 Å². The molecular formula is C20H27N3O4. The average Bonchev–Trinajstić information content (AvgIpc) is 2.65. The van der Waals surface area contributed by atoms with Gasteiger partial charge in [0.15, 0.2) is 11.5 Å². The fourth-order valence-corrected chi connectivity index (χ4v) is 2.77. The fraction of sp³-hybridized carbons (Fsp3) is 0.450. The van der Waals surface area contributed by atoms with Gasteiger partial charge in [0.25, 0.3) is 0 Å². The summed E-state index contributed by atoms with van der Waals surface area (Å²) in [6, 6.07) is 5.32. The van der Waals surface area contributed by atoms with Gasteiger partial charge in [0, 0.05) is 17.8 Å². The molecule has 0 aliphatic heterocycles. The second kappa shape index (κ2) is 9.75. The van der Waals surface area contributed by atoms with Crippen LogP contribution in [0.1, 0.15) is 27.2 Å². The van der Waals surface area contributed by atoms with Crippen LogP contribution >= 0.6 is 0 Å². The molecule has 0 saturated carbocycles. The minimum atomic E-state index is -0.579. The van der Waals surface area contributed by atoms with E-state index in [2.05, 4.69) is 40.8 Å². The number of ether oxygens (including phenoxy) is 3. The van der Waals surface area contributed by atoms with E-state index in [4.69, 9.17) is 9.47 Å². The van der Waals surface area contributed by atoms with Crippen LogP contribution in [0.15, 0.2) is 30.6 Å². The maximum absolute atomic E-state index is 11.3. The molecule has 2 aromatic heterocycles. The van der Waals surface area contributed by atoms with Crippen molar-refractivity contribution < 1.29 is 19.0 Å². The van der Waals surface area contributed by atoms with Crippen molar-refractivity contribution in [2.24, 2.45) is 11.8 Å². The number of methoxy groups -OCH3 is 2. The zero-order valence-corrected chi connectivity index (χ0v) is 16.5. The second-order valence-corrected chi connectivity index (χ2v) is 6.81. The molecule has 2 heterocycles. The Bertz CT molecular complexity index is 765. The molecule has 7 heteroatoms. The highest BCUT2D eigenvalue weighted by Crippen LogP contribution is 2.31. The summed E-state index contributed by atoms with van der Waals surface area (Å²) in [7, 11) is 2.90. The first-order chi connectivity index (χ1) is 12.9. The fourth-order valence-electron chi connectivity index (χ4n) is 2.77. The summed E-state index contributed by atoms with van der Waals surface area (Å²) >= 11 is 0. The van der Waals surface area contributed by atoms with Crippen molar-refractivity contribution in [3.8, 4) is 22.8 Å². The van der Waals surface area contributed by atoms with Crippen LogP contribution in [-0.2, 0) is 4.74 Å². The minimum absolute atomic E-state index is 0.378. The molecule has 146 valence electrons. The van der Waals surface area contributed by atoms with E-state index in [1.54, 1.807) is 37.7 Å². The Kier molecular flexibility index (Phi) is 7.40. The van der Waals surface area contributed by atoms with Crippen LogP contribution in [0.2, 0.25) is 0 Å². The van der Waals surface area contributed by atoms with Gasteiger partial charge in [-0.05, 0) is 30.4 Å². The van der Waals surface area contributed by atoms with Crippen molar-refractivity contribution in [1.29, 1.82) is 0 Å². The topological polar surface area (TPSA) is 82.6 Å². The van der Waals surface area contributed by atoms with Crippen LogP contribution in [0.25, 0.3) is 11.3 Å². The Morgan fingerprint density at radius 1 is 1.15 bits per heavy atom. The summed E-state index contributed by atoms with van der Waals surface area (Å²) < 4.78 is 15.9. The summed E-state index contributed by atoms with van der Waals surface area (Å²) in [5.41, 5.74) is 1.47. The van der Waals surface area contributed by atoms with Crippen molar-refractivity contribution in [2.45, 2.75) is 27.2 Å². The Hall–Kier alpha value is -2.83. The van der Waals surface area contributed by atoms with Gasteiger partial charge in [0.1, 0.15) is 5.82 Å². The number of amides is 1. The molecular weight excluding hydrogens is 346 g/mol. The van der Waals surface area contributed by atoms with E-state index in [1.165, 1.54) is 7.11 Å². The zero-order chi connectivity index (χ0) is 19.8. The summed E-state index contributed by atoms with van der Waals surface area (Å²) in [4.78, 5) is 19.9. The van der Waals surface area contributed by atoms with E-state index < -0.39 is 6.09 Å². The number of hydrogen-bond donors (Lipinski definition) is 1. The Labute approximate surface area is 160 Å². The lowest BCUT2D eigenvalue weighted by molar-refractivity contribution is 0.187. The van der Waals surface area contributed by atoms with Gasteiger partial charge in [-0.1, -0.05) is 20.8 Å². The molecule has 1 N–H and O–H groups in total. The predicted molar refractivity (Wildman–Crippen MR) is 104 cm³/mol. The first-order valence-corrected chi connectivity index (χ1v) is 8.91. The van der Waals surface area contributed by atoms with Gasteiger partial charge in [-0.15, -0.1) is 0 Å². The minimum Gasteiger partial charge on any atom is -0.493 e. The molecule has 0 radical (unpaired) electrons. The van der Waals surface area contributed by atoms with E-state index in [9.17, 15) is 4.79 Å². The molecule has 0 aliphatic carbocycles. The number of carbonyl (C=O) groups is 1. The molecule has 0 bridgehead atoms. The van der Waals surface area contributed by atoms with Gasteiger partial charge in [0.2, 0.25) is 0 Å². The van der Waals surface area contributed by atoms with Gasteiger partial charge in [0.05, 0.1) is 32.7 Å². The molecule has 7 nitrogen and oxygen atoms in total. The number of rotatable bonds is 8. The summed E-state index contributed by atoms with van der Waals surface area (Å²) in [5, 5.41) is 2.53. The van der Waals surface area contributed by atoms with Gasteiger partial charge in [-0.3, -0.25) is 10.3 Å². The van der Waals surface area contributed by atoms with E-state index in [0.29, 0.717) is 41.5 Å². The number of aromatic nitrogens is 2. The Morgan fingerprint density at radius 2 is 1.93 bits per heavy atom. The first kappa shape index (κ1) is 20.5. The number of pyridine rings is 2. The number of nitrogens with zero attached hydrogens (tertiary/aromatic N) is 2. The molecule has 1 unspecified atom stereocenters. The third kappa shape index (κ3) is 6.13. The van der Waals surface area contributed by atoms with Crippen molar-refractivity contribution in [1.82, 2.24) is 9.97 Å². The van der Waals surface area contributed by atoms with Crippen LogP contribution in [0, 0.1) is 11.8 Å². The molecule has 27 heavy (non-hydrogen) atoms. The standard InChI is InChI=1S/C20H27N3O4/c1-13(2)8-14(3)12-27-18-11-22-16(10-17(18)25-4)15-6-7-21-19(9-15)23-20(24)26-5/h6-7,9-11,13-14H,8,12H2,1-5H3,(H,21,23,24). The average molecular weight is 373 g/mol. The quantitative estimate of drug-likeness (QED) is 0.739. The molecule has 0 fully saturated rings. The molecule has 2 rings (SSSR count). The smallest absolute Gasteiger partial charge is 0.412 e. The SMILES string of the molecule is COC(=O)Nc1cc(-c2cc(OC)c(OCC(C)CC(C)C)cn2)ccn1. The lowest BCUT2D eigenvalue weighted by Crippen LogP contribution is -2.12. The molecule has 1 atom stereocenters. The largest absolute Gasteiger partial charge is 0.493 e. The molecule has 0 aromatic carbocycles. The first-order valence-electron chi connectivity index (χ1n) is 8.91. The zero-order valence-electron chi connectivity index (χ0n) is 16.5. The Balaban J connectivity index is 2.15. The summed E-state index contributed by atoms with van der Waals surface area (Å²) in [6.45, 7) is 7.18.